The summed E-state index contributed by atoms with van der Waals surface area (Å²) < 4.78 is 5.96. The number of non-ortho nitro benzene ring substituents is 1. The third-order valence-electron chi connectivity index (χ3n) is 2.27. The molecule has 18 heavy (non-hydrogen) atoms. The lowest BCUT2D eigenvalue weighted by molar-refractivity contribution is -0.385. The molecule has 0 aliphatic carbocycles. The van der Waals surface area contributed by atoms with Gasteiger partial charge in [-0.05, 0) is 27.9 Å². The molecule has 0 aromatic heterocycles. The fraction of sp³-hybridized carbons (Fsp3) is 0.364. The van der Waals surface area contributed by atoms with Crippen molar-refractivity contribution < 1.29 is 14.5 Å². The first-order chi connectivity index (χ1) is 8.32. The van der Waals surface area contributed by atoms with Crippen molar-refractivity contribution >= 4 is 27.5 Å². The number of hydrogen-bond acceptors (Lipinski definition) is 4. The number of nitrogens with zero attached hydrogens (tertiary/aromatic N) is 1. The molecule has 98 valence electrons. The van der Waals surface area contributed by atoms with Crippen LogP contribution in [-0.2, 0) is 4.79 Å². The molecule has 2 N–H and O–H groups in total. The Morgan fingerprint density at radius 1 is 1.50 bits per heavy atom. The first kappa shape index (κ1) is 14.4. The summed E-state index contributed by atoms with van der Waals surface area (Å²) >= 11 is 3.21. The van der Waals surface area contributed by atoms with Gasteiger partial charge in [-0.3, -0.25) is 14.9 Å². The summed E-state index contributed by atoms with van der Waals surface area (Å²) in [4.78, 5) is 21.4. The van der Waals surface area contributed by atoms with Crippen LogP contribution in [0.4, 0.5) is 5.69 Å². The Labute approximate surface area is 112 Å². The standard InChI is InChI=1S/C11H13BrN2O4/c1-6(2)10(11(13)15)18-9-5-7(14(16)17)3-4-8(9)12/h3-6,10H,1-2H3,(H2,13,15). The van der Waals surface area contributed by atoms with Crippen molar-refractivity contribution in [2.45, 2.75) is 20.0 Å². The van der Waals surface area contributed by atoms with Crippen molar-refractivity contribution in [3.63, 3.8) is 0 Å². The highest BCUT2D eigenvalue weighted by molar-refractivity contribution is 9.10. The van der Waals surface area contributed by atoms with Crippen LogP contribution < -0.4 is 10.5 Å². The van der Waals surface area contributed by atoms with Crippen LogP contribution in [-0.4, -0.2) is 16.9 Å². The van der Waals surface area contributed by atoms with E-state index in [2.05, 4.69) is 15.9 Å². The number of primary amides is 1. The molecule has 0 spiro atoms. The Bertz CT molecular complexity index is 476. The second-order valence-electron chi connectivity index (χ2n) is 4.06. The molecule has 0 heterocycles. The minimum atomic E-state index is -0.830. The third-order valence-corrected chi connectivity index (χ3v) is 2.92. The SMILES string of the molecule is CC(C)C(Oc1cc([N+](=O)[O-])ccc1Br)C(N)=O. The maximum absolute atomic E-state index is 11.2. The lowest BCUT2D eigenvalue weighted by Gasteiger charge is -2.19. The van der Waals surface area contributed by atoms with E-state index in [0.717, 1.165) is 0 Å². The zero-order chi connectivity index (χ0) is 13.9. The number of halogens is 1. The molecule has 0 aliphatic heterocycles. The average molecular weight is 317 g/mol. The second-order valence-corrected chi connectivity index (χ2v) is 4.91. The molecule has 6 nitrogen and oxygen atoms in total. The summed E-state index contributed by atoms with van der Waals surface area (Å²) in [5.41, 5.74) is 5.11. The monoisotopic (exact) mass is 316 g/mol. The first-order valence-corrected chi connectivity index (χ1v) is 6.02. The Morgan fingerprint density at radius 3 is 2.56 bits per heavy atom. The molecular formula is C11H13BrN2O4. The number of nitro benzene ring substituents is 1. The molecule has 1 aromatic carbocycles. The highest BCUT2D eigenvalue weighted by Gasteiger charge is 2.23. The number of ether oxygens (including phenoxy) is 1. The minimum absolute atomic E-state index is 0.111. The van der Waals surface area contributed by atoms with Gasteiger partial charge in [0, 0.05) is 6.07 Å². The van der Waals surface area contributed by atoms with Gasteiger partial charge in [-0.25, -0.2) is 0 Å². The molecule has 1 aromatic rings. The Morgan fingerprint density at radius 2 is 2.11 bits per heavy atom. The lowest BCUT2D eigenvalue weighted by atomic mass is 10.1. The summed E-state index contributed by atoms with van der Waals surface area (Å²) in [6.45, 7) is 3.56. The molecular weight excluding hydrogens is 304 g/mol. The molecule has 0 aliphatic rings. The number of carbonyl (C=O) groups is 1. The van der Waals surface area contributed by atoms with Crippen molar-refractivity contribution in [3.8, 4) is 5.75 Å². The van der Waals surface area contributed by atoms with Crippen molar-refractivity contribution in [2.75, 3.05) is 0 Å². The zero-order valence-electron chi connectivity index (χ0n) is 9.92. The molecule has 1 atom stereocenters. The Hall–Kier alpha value is -1.63. The van der Waals surface area contributed by atoms with Crippen LogP contribution in [0.3, 0.4) is 0 Å². The average Bonchev–Trinajstić information content (AvgIpc) is 2.26. The van der Waals surface area contributed by atoms with Gasteiger partial charge >= 0.3 is 0 Å². The normalized spacial score (nSPS) is 12.2. The van der Waals surface area contributed by atoms with Crippen LogP contribution in [0.1, 0.15) is 13.8 Å². The maximum Gasteiger partial charge on any atom is 0.273 e. The minimum Gasteiger partial charge on any atom is -0.479 e. The van der Waals surface area contributed by atoms with Crippen LogP contribution in [0.2, 0.25) is 0 Å². The smallest absolute Gasteiger partial charge is 0.273 e. The second kappa shape index (κ2) is 5.81. The van der Waals surface area contributed by atoms with Crippen LogP contribution >= 0.6 is 15.9 Å². The number of hydrogen-bond donors (Lipinski definition) is 1. The van der Waals surface area contributed by atoms with E-state index < -0.39 is 16.9 Å². The van der Waals surface area contributed by atoms with Gasteiger partial charge in [0.2, 0.25) is 0 Å². The fourth-order valence-electron chi connectivity index (χ4n) is 1.36. The Kier molecular flexibility index (Phi) is 4.66. The largest absolute Gasteiger partial charge is 0.479 e. The molecule has 0 bridgehead atoms. The van der Waals surface area contributed by atoms with E-state index >= 15 is 0 Å². The fourth-order valence-corrected chi connectivity index (χ4v) is 1.70. The molecule has 1 unspecified atom stereocenters. The number of benzene rings is 1. The predicted octanol–water partition coefficient (Wildman–Crippen LogP) is 2.25. The van der Waals surface area contributed by atoms with E-state index in [1.807, 2.05) is 0 Å². The van der Waals surface area contributed by atoms with E-state index in [-0.39, 0.29) is 17.4 Å². The maximum atomic E-state index is 11.2. The molecule has 7 heteroatoms. The van der Waals surface area contributed by atoms with Gasteiger partial charge in [-0.2, -0.15) is 0 Å². The van der Waals surface area contributed by atoms with E-state index in [9.17, 15) is 14.9 Å². The van der Waals surface area contributed by atoms with Gasteiger partial charge in [0.15, 0.2) is 6.10 Å². The number of amides is 1. The summed E-state index contributed by atoms with van der Waals surface area (Å²) in [7, 11) is 0. The predicted molar refractivity (Wildman–Crippen MR) is 69.2 cm³/mol. The molecule has 0 fully saturated rings. The van der Waals surface area contributed by atoms with E-state index in [0.29, 0.717) is 4.47 Å². The van der Waals surface area contributed by atoms with Gasteiger partial charge < -0.3 is 10.5 Å². The molecule has 0 saturated heterocycles. The highest BCUT2D eigenvalue weighted by atomic mass is 79.9. The van der Waals surface area contributed by atoms with Crippen molar-refractivity contribution in [1.29, 1.82) is 0 Å². The van der Waals surface area contributed by atoms with Crippen molar-refractivity contribution in [3.05, 3.63) is 32.8 Å². The van der Waals surface area contributed by atoms with Crippen molar-refractivity contribution in [2.24, 2.45) is 11.7 Å². The van der Waals surface area contributed by atoms with Crippen LogP contribution in [0.25, 0.3) is 0 Å². The summed E-state index contributed by atoms with van der Waals surface area (Å²) in [5, 5.41) is 10.7. The first-order valence-electron chi connectivity index (χ1n) is 5.23. The van der Waals surface area contributed by atoms with Gasteiger partial charge in [-0.1, -0.05) is 13.8 Å². The van der Waals surface area contributed by atoms with Crippen LogP contribution in [0.5, 0.6) is 5.75 Å². The van der Waals surface area contributed by atoms with E-state index in [4.69, 9.17) is 10.5 Å². The van der Waals surface area contributed by atoms with Crippen LogP contribution in [0.15, 0.2) is 22.7 Å². The number of nitro groups is 1. The van der Waals surface area contributed by atoms with Gasteiger partial charge in [0.1, 0.15) is 5.75 Å². The lowest BCUT2D eigenvalue weighted by Crippen LogP contribution is -2.38. The summed E-state index contributed by atoms with van der Waals surface area (Å²) in [6.07, 6.45) is -0.830. The Balaban J connectivity index is 3.05. The van der Waals surface area contributed by atoms with E-state index in [1.165, 1.54) is 18.2 Å². The van der Waals surface area contributed by atoms with Crippen molar-refractivity contribution in [1.82, 2.24) is 0 Å². The van der Waals surface area contributed by atoms with Gasteiger partial charge in [0.05, 0.1) is 15.5 Å². The van der Waals surface area contributed by atoms with Gasteiger partial charge in [0.25, 0.3) is 11.6 Å². The van der Waals surface area contributed by atoms with E-state index in [1.54, 1.807) is 13.8 Å². The topological polar surface area (TPSA) is 95.5 Å². The molecule has 1 rings (SSSR count). The number of nitrogens with two attached hydrogens (primary N) is 1. The quantitative estimate of drug-likeness (QED) is 0.665. The number of rotatable bonds is 5. The zero-order valence-corrected chi connectivity index (χ0v) is 11.5. The van der Waals surface area contributed by atoms with Crippen LogP contribution in [0, 0.1) is 16.0 Å². The molecule has 0 saturated carbocycles. The number of carbonyl (C=O) groups excluding carboxylic acids is 1. The highest BCUT2D eigenvalue weighted by Crippen LogP contribution is 2.30. The molecule has 0 radical (unpaired) electrons. The van der Waals surface area contributed by atoms with Gasteiger partial charge in [-0.15, -0.1) is 0 Å². The summed E-state index contributed by atoms with van der Waals surface area (Å²) in [5.74, 6) is -0.515. The molecule has 1 amide bonds. The third kappa shape index (κ3) is 3.43. The summed E-state index contributed by atoms with van der Waals surface area (Å²) in [6, 6.07) is 4.08.